The van der Waals surface area contributed by atoms with E-state index in [2.05, 4.69) is 34.3 Å². The number of nitrogens with one attached hydrogen (secondary N) is 1. The first kappa shape index (κ1) is 29.0. The predicted octanol–water partition coefficient (Wildman–Crippen LogP) is 6.64. The average molecular weight is 592 g/mol. The van der Waals surface area contributed by atoms with Crippen molar-refractivity contribution < 1.29 is 19.4 Å². The summed E-state index contributed by atoms with van der Waals surface area (Å²) in [7, 11) is 0. The lowest BCUT2D eigenvalue weighted by molar-refractivity contribution is -0.268. The molecule has 8 heteroatoms. The number of aliphatic hydroxyl groups excluding tert-OH is 1. The maximum atomic E-state index is 12.7. The Bertz CT molecular complexity index is 1670. The van der Waals surface area contributed by atoms with Gasteiger partial charge in [-0.05, 0) is 41.0 Å². The summed E-state index contributed by atoms with van der Waals surface area (Å²) in [6, 6.07) is 33.7. The van der Waals surface area contributed by atoms with Gasteiger partial charge in [-0.15, -0.1) is 11.8 Å². The summed E-state index contributed by atoms with van der Waals surface area (Å²) in [6.07, 6.45) is 0.736. The fourth-order valence-electron chi connectivity index (χ4n) is 5.14. The van der Waals surface area contributed by atoms with Crippen LogP contribution in [-0.4, -0.2) is 32.8 Å². The van der Waals surface area contributed by atoms with E-state index < -0.39 is 6.29 Å². The Labute approximate surface area is 255 Å². The van der Waals surface area contributed by atoms with Crippen molar-refractivity contribution in [3.05, 3.63) is 137 Å². The largest absolute Gasteiger partial charge is 0.392 e. The van der Waals surface area contributed by atoms with E-state index in [1.54, 1.807) is 11.8 Å². The molecule has 0 unspecified atom stereocenters. The topological polar surface area (TPSA) is 93.6 Å². The van der Waals surface area contributed by atoms with Gasteiger partial charge in [-0.1, -0.05) is 85.8 Å². The lowest BCUT2D eigenvalue weighted by atomic mass is 9.91. The molecule has 6 rings (SSSR count). The van der Waals surface area contributed by atoms with E-state index in [-0.39, 0.29) is 36.3 Å². The summed E-state index contributed by atoms with van der Waals surface area (Å²) in [4.78, 5) is 22.7. The van der Waals surface area contributed by atoms with Gasteiger partial charge in [0.1, 0.15) is 5.69 Å². The molecule has 0 radical (unpaired) electrons. The van der Waals surface area contributed by atoms with Crippen LogP contribution >= 0.6 is 11.8 Å². The normalized spacial score (nSPS) is 20.1. The standard InChI is InChI=1S/C35H33N3O4S/c1-23-32(22-43-28-7-3-2-4-8-28)41-35(42-33(23)26-15-13-25(21-39)14-16-26)27-17-11-24(12-18-27)19-37-34(40)31-20-36-29-9-5-6-10-30(29)38-31/h2-18,20,23,32-33,35,39H,19,21-22H2,1H3,(H,37,40)/t23-,32+,33+,35+/m1/s1. The molecule has 4 atom stereocenters. The van der Waals surface area contributed by atoms with Crippen LogP contribution in [0.1, 0.15) is 52.1 Å². The van der Waals surface area contributed by atoms with Crippen LogP contribution in [-0.2, 0) is 22.6 Å². The zero-order valence-corrected chi connectivity index (χ0v) is 24.6. The number of hydrogen-bond acceptors (Lipinski definition) is 7. The molecule has 0 spiro atoms. The van der Waals surface area contributed by atoms with Crippen molar-refractivity contribution in [1.29, 1.82) is 0 Å². The van der Waals surface area contributed by atoms with Crippen molar-refractivity contribution in [3.63, 3.8) is 0 Å². The van der Waals surface area contributed by atoms with Crippen LogP contribution in [0.15, 0.2) is 114 Å². The van der Waals surface area contributed by atoms with E-state index >= 15 is 0 Å². The molecule has 1 saturated heterocycles. The van der Waals surface area contributed by atoms with Crippen molar-refractivity contribution in [2.45, 2.75) is 43.5 Å². The molecule has 1 aliphatic rings. The molecule has 1 amide bonds. The van der Waals surface area contributed by atoms with Crippen molar-refractivity contribution in [2.24, 2.45) is 5.92 Å². The molecule has 1 aromatic heterocycles. The molecule has 2 N–H and O–H groups in total. The molecule has 1 aliphatic heterocycles. The Morgan fingerprint density at radius 3 is 2.26 bits per heavy atom. The predicted molar refractivity (Wildman–Crippen MR) is 167 cm³/mol. The first-order chi connectivity index (χ1) is 21.1. The van der Waals surface area contributed by atoms with Gasteiger partial charge in [-0.3, -0.25) is 9.78 Å². The summed E-state index contributed by atoms with van der Waals surface area (Å²) in [5, 5.41) is 12.4. The summed E-state index contributed by atoms with van der Waals surface area (Å²) >= 11 is 1.78. The Balaban J connectivity index is 1.15. The van der Waals surface area contributed by atoms with Gasteiger partial charge in [0, 0.05) is 28.7 Å². The van der Waals surface area contributed by atoms with Crippen LogP contribution in [0.4, 0.5) is 0 Å². The quantitative estimate of drug-likeness (QED) is 0.186. The number of rotatable bonds is 9. The number of benzene rings is 4. The van der Waals surface area contributed by atoms with E-state index in [1.807, 2.05) is 91.0 Å². The second-order valence-corrected chi connectivity index (χ2v) is 11.7. The van der Waals surface area contributed by atoms with Crippen LogP contribution in [0.5, 0.6) is 0 Å². The highest BCUT2D eigenvalue weighted by molar-refractivity contribution is 7.99. The van der Waals surface area contributed by atoms with Crippen LogP contribution in [0.3, 0.4) is 0 Å². The molecule has 2 heterocycles. The number of nitrogens with zero attached hydrogens (tertiary/aromatic N) is 2. The highest BCUT2D eigenvalue weighted by Crippen LogP contribution is 2.43. The van der Waals surface area contributed by atoms with Crippen LogP contribution in [0.25, 0.3) is 11.0 Å². The first-order valence-electron chi connectivity index (χ1n) is 14.3. The fraction of sp³-hybridized carbons (Fsp3) is 0.229. The van der Waals surface area contributed by atoms with E-state index in [9.17, 15) is 9.90 Å². The van der Waals surface area contributed by atoms with Crippen LogP contribution in [0, 0.1) is 5.92 Å². The third-order valence-corrected chi connectivity index (χ3v) is 8.77. The lowest BCUT2D eigenvalue weighted by Gasteiger charge is -2.41. The van der Waals surface area contributed by atoms with Crippen LogP contribution in [0.2, 0.25) is 0 Å². The maximum Gasteiger partial charge on any atom is 0.271 e. The Morgan fingerprint density at radius 1 is 0.837 bits per heavy atom. The minimum atomic E-state index is -0.545. The number of fused-ring (bicyclic) bond motifs is 1. The van der Waals surface area contributed by atoms with Gasteiger partial charge in [-0.2, -0.15) is 0 Å². The molecule has 1 fully saturated rings. The monoisotopic (exact) mass is 591 g/mol. The van der Waals surface area contributed by atoms with Crippen molar-refractivity contribution >= 4 is 28.7 Å². The number of aliphatic hydroxyl groups is 1. The highest BCUT2D eigenvalue weighted by atomic mass is 32.2. The smallest absolute Gasteiger partial charge is 0.271 e. The number of ether oxygens (including phenoxy) is 2. The summed E-state index contributed by atoms with van der Waals surface area (Å²) in [5.41, 5.74) is 5.50. The van der Waals surface area contributed by atoms with E-state index in [1.165, 1.54) is 11.1 Å². The molecular weight excluding hydrogens is 558 g/mol. The summed E-state index contributed by atoms with van der Waals surface area (Å²) < 4.78 is 13.1. The van der Waals surface area contributed by atoms with Gasteiger partial charge < -0.3 is 19.9 Å². The number of para-hydroxylation sites is 2. The molecule has 4 aromatic carbocycles. The average Bonchev–Trinajstić information content (AvgIpc) is 3.07. The number of amides is 1. The van der Waals surface area contributed by atoms with Crippen molar-refractivity contribution in [2.75, 3.05) is 5.75 Å². The number of thioether (sulfide) groups is 1. The van der Waals surface area contributed by atoms with Gasteiger partial charge in [0.2, 0.25) is 0 Å². The molecule has 5 aromatic rings. The number of aromatic nitrogens is 2. The Morgan fingerprint density at radius 2 is 1.51 bits per heavy atom. The molecular formula is C35H33N3O4S. The van der Waals surface area contributed by atoms with Crippen molar-refractivity contribution in [1.82, 2.24) is 15.3 Å². The molecule has 218 valence electrons. The van der Waals surface area contributed by atoms with E-state index in [4.69, 9.17) is 9.47 Å². The van der Waals surface area contributed by atoms with Gasteiger partial charge in [0.15, 0.2) is 6.29 Å². The molecule has 0 aliphatic carbocycles. The first-order valence-corrected chi connectivity index (χ1v) is 15.3. The number of carbonyl (C=O) groups is 1. The van der Waals surface area contributed by atoms with E-state index in [0.717, 1.165) is 33.5 Å². The minimum Gasteiger partial charge on any atom is -0.392 e. The minimum absolute atomic E-state index is 0.00585. The highest BCUT2D eigenvalue weighted by Gasteiger charge is 2.38. The van der Waals surface area contributed by atoms with Gasteiger partial charge in [0.05, 0.1) is 36.0 Å². The second-order valence-electron chi connectivity index (χ2n) is 10.6. The fourth-order valence-corrected chi connectivity index (χ4v) is 6.23. The zero-order chi connectivity index (χ0) is 29.6. The molecule has 43 heavy (non-hydrogen) atoms. The Kier molecular flexibility index (Phi) is 9.10. The molecule has 0 bridgehead atoms. The SMILES string of the molecule is C[C@@H]1[C@H](CSc2ccccc2)O[C@H](c2ccc(CNC(=O)c3cnc4ccccc4n3)cc2)O[C@@H]1c1ccc(CO)cc1. The zero-order valence-electron chi connectivity index (χ0n) is 23.8. The number of carbonyl (C=O) groups excluding carboxylic acids is 1. The third-order valence-electron chi connectivity index (χ3n) is 7.67. The number of hydrogen-bond donors (Lipinski definition) is 2. The van der Waals surface area contributed by atoms with Gasteiger partial charge >= 0.3 is 0 Å². The molecule has 7 nitrogen and oxygen atoms in total. The molecule has 0 saturated carbocycles. The summed E-state index contributed by atoms with van der Waals surface area (Å²) in [6.45, 7) is 2.53. The van der Waals surface area contributed by atoms with Crippen LogP contribution < -0.4 is 5.32 Å². The lowest BCUT2D eigenvalue weighted by Crippen LogP contribution is -2.38. The van der Waals surface area contributed by atoms with Crippen molar-refractivity contribution in [3.8, 4) is 0 Å². The third kappa shape index (κ3) is 6.95. The van der Waals surface area contributed by atoms with Gasteiger partial charge in [-0.25, -0.2) is 4.98 Å². The van der Waals surface area contributed by atoms with E-state index in [0.29, 0.717) is 12.1 Å². The Hall–Kier alpha value is -4.08. The second kappa shape index (κ2) is 13.5. The maximum absolute atomic E-state index is 12.7. The summed E-state index contributed by atoms with van der Waals surface area (Å²) in [5.74, 6) is 0.627. The van der Waals surface area contributed by atoms with Gasteiger partial charge in [0.25, 0.3) is 5.91 Å².